The molecule has 1 aromatic rings. The van der Waals surface area contributed by atoms with Gasteiger partial charge >= 0.3 is 0 Å². The Kier molecular flexibility index (Phi) is 5.33. The van der Waals surface area contributed by atoms with Gasteiger partial charge in [-0.2, -0.15) is 5.10 Å². The molecule has 0 unspecified atom stereocenters. The number of hydrogen-bond donors (Lipinski definition) is 1. The lowest BCUT2D eigenvalue weighted by molar-refractivity contribution is 0.257. The molecule has 1 N–H and O–H groups in total. The average molecular weight is 236 g/mol. The predicted octanol–water partition coefficient (Wildman–Crippen LogP) is 2.28. The number of hydrazone groups is 1. The molecule has 0 heterocycles. The summed E-state index contributed by atoms with van der Waals surface area (Å²) < 4.78 is 11.0. The van der Waals surface area contributed by atoms with Gasteiger partial charge in [0.05, 0.1) is 19.9 Å². The van der Waals surface area contributed by atoms with Crippen LogP contribution in [0.3, 0.4) is 0 Å². The first-order valence-electron chi connectivity index (χ1n) is 5.68. The Morgan fingerprint density at radius 1 is 1.35 bits per heavy atom. The molecule has 0 saturated heterocycles. The maximum Gasteiger partial charge on any atom is 0.161 e. The SMILES string of the molecule is CNN=Cc1ccc(OCC(C)C)c(OC)c1. The third kappa shape index (κ3) is 4.34. The summed E-state index contributed by atoms with van der Waals surface area (Å²) in [4.78, 5) is 0. The van der Waals surface area contributed by atoms with Gasteiger partial charge in [0.25, 0.3) is 0 Å². The minimum Gasteiger partial charge on any atom is -0.493 e. The molecule has 0 radical (unpaired) electrons. The van der Waals surface area contributed by atoms with Crippen LogP contribution in [0.15, 0.2) is 23.3 Å². The highest BCUT2D eigenvalue weighted by atomic mass is 16.5. The van der Waals surface area contributed by atoms with Crippen molar-refractivity contribution >= 4 is 6.21 Å². The summed E-state index contributed by atoms with van der Waals surface area (Å²) >= 11 is 0. The van der Waals surface area contributed by atoms with Crippen LogP contribution in [0.4, 0.5) is 0 Å². The summed E-state index contributed by atoms with van der Waals surface area (Å²) in [5.74, 6) is 1.98. The van der Waals surface area contributed by atoms with Crippen LogP contribution in [0.2, 0.25) is 0 Å². The number of nitrogens with one attached hydrogen (secondary N) is 1. The summed E-state index contributed by atoms with van der Waals surface area (Å²) in [6, 6.07) is 5.74. The summed E-state index contributed by atoms with van der Waals surface area (Å²) in [6.07, 6.45) is 1.73. The minimum atomic E-state index is 0.491. The summed E-state index contributed by atoms with van der Waals surface area (Å²) in [6.45, 7) is 4.90. The van der Waals surface area contributed by atoms with Gasteiger partial charge in [-0.1, -0.05) is 13.8 Å². The normalized spacial score (nSPS) is 10.9. The van der Waals surface area contributed by atoms with Crippen LogP contribution in [0.1, 0.15) is 19.4 Å². The lowest BCUT2D eigenvalue weighted by Crippen LogP contribution is -2.05. The molecule has 17 heavy (non-hydrogen) atoms. The van der Waals surface area contributed by atoms with E-state index in [1.165, 1.54) is 0 Å². The van der Waals surface area contributed by atoms with E-state index in [1.54, 1.807) is 20.4 Å². The van der Waals surface area contributed by atoms with Gasteiger partial charge in [0.15, 0.2) is 11.5 Å². The number of rotatable bonds is 6. The zero-order valence-electron chi connectivity index (χ0n) is 10.9. The van der Waals surface area contributed by atoms with Gasteiger partial charge in [-0.05, 0) is 29.7 Å². The molecule has 0 aliphatic heterocycles. The van der Waals surface area contributed by atoms with Crippen LogP contribution in [-0.2, 0) is 0 Å². The van der Waals surface area contributed by atoms with Gasteiger partial charge in [0.1, 0.15) is 0 Å². The molecule has 0 atom stereocenters. The minimum absolute atomic E-state index is 0.491. The zero-order valence-corrected chi connectivity index (χ0v) is 10.9. The number of hydrogen-bond acceptors (Lipinski definition) is 4. The number of benzene rings is 1. The van der Waals surface area contributed by atoms with E-state index >= 15 is 0 Å². The van der Waals surface area contributed by atoms with E-state index < -0.39 is 0 Å². The molecule has 1 rings (SSSR count). The first-order chi connectivity index (χ1) is 8.17. The van der Waals surface area contributed by atoms with Crippen molar-refractivity contribution in [1.29, 1.82) is 0 Å². The largest absolute Gasteiger partial charge is 0.493 e. The molecule has 0 aromatic heterocycles. The lowest BCUT2D eigenvalue weighted by atomic mass is 10.2. The van der Waals surface area contributed by atoms with Crippen LogP contribution >= 0.6 is 0 Å². The molecule has 4 nitrogen and oxygen atoms in total. The van der Waals surface area contributed by atoms with Crippen molar-refractivity contribution < 1.29 is 9.47 Å². The topological polar surface area (TPSA) is 42.9 Å². The zero-order chi connectivity index (χ0) is 12.7. The maximum atomic E-state index is 5.66. The molecule has 4 heteroatoms. The smallest absolute Gasteiger partial charge is 0.161 e. The van der Waals surface area contributed by atoms with Gasteiger partial charge in [0.2, 0.25) is 0 Å². The Labute approximate surface area is 103 Å². The molecule has 0 spiro atoms. The molecular weight excluding hydrogens is 216 g/mol. The molecule has 94 valence electrons. The number of methoxy groups -OCH3 is 1. The Morgan fingerprint density at radius 2 is 2.12 bits per heavy atom. The molecule has 0 aliphatic carbocycles. The predicted molar refractivity (Wildman–Crippen MR) is 70.0 cm³/mol. The summed E-state index contributed by atoms with van der Waals surface area (Å²) in [7, 11) is 3.39. The van der Waals surface area contributed by atoms with Crippen molar-refractivity contribution in [3.05, 3.63) is 23.8 Å². The van der Waals surface area contributed by atoms with Crippen LogP contribution in [0.5, 0.6) is 11.5 Å². The second-order valence-electron chi connectivity index (χ2n) is 4.10. The van der Waals surface area contributed by atoms with Crippen molar-refractivity contribution in [3.63, 3.8) is 0 Å². The number of nitrogens with zero attached hydrogens (tertiary/aromatic N) is 1. The Hall–Kier alpha value is -1.71. The Bertz CT molecular complexity index is 376. The fourth-order valence-electron chi connectivity index (χ4n) is 1.28. The Balaban J connectivity index is 2.81. The van der Waals surface area contributed by atoms with Gasteiger partial charge in [0, 0.05) is 7.05 Å². The maximum absolute atomic E-state index is 5.66. The third-order valence-corrected chi connectivity index (χ3v) is 2.10. The van der Waals surface area contributed by atoms with E-state index in [2.05, 4.69) is 24.4 Å². The van der Waals surface area contributed by atoms with Gasteiger partial charge in [-0.15, -0.1) is 0 Å². The molecule has 0 fully saturated rings. The quantitative estimate of drug-likeness (QED) is 0.608. The van der Waals surface area contributed by atoms with Gasteiger partial charge in [-0.3, -0.25) is 0 Å². The van der Waals surface area contributed by atoms with E-state index in [-0.39, 0.29) is 0 Å². The monoisotopic (exact) mass is 236 g/mol. The highest BCUT2D eigenvalue weighted by Crippen LogP contribution is 2.27. The van der Waals surface area contributed by atoms with Gasteiger partial charge < -0.3 is 14.9 Å². The highest BCUT2D eigenvalue weighted by molar-refractivity contribution is 5.80. The molecule has 0 aliphatic rings. The van der Waals surface area contributed by atoms with E-state index in [0.29, 0.717) is 12.5 Å². The van der Waals surface area contributed by atoms with Gasteiger partial charge in [-0.25, -0.2) is 0 Å². The van der Waals surface area contributed by atoms with Crippen molar-refractivity contribution in [2.45, 2.75) is 13.8 Å². The fourth-order valence-corrected chi connectivity index (χ4v) is 1.28. The number of ether oxygens (including phenoxy) is 2. The third-order valence-electron chi connectivity index (χ3n) is 2.10. The summed E-state index contributed by atoms with van der Waals surface area (Å²) in [5, 5.41) is 3.95. The van der Waals surface area contributed by atoms with E-state index in [0.717, 1.165) is 17.1 Å². The van der Waals surface area contributed by atoms with Crippen molar-refractivity contribution in [2.75, 3.05) is 20.8 Å². The molecule has 0 amide bonds. The van der Waals surface area contributed by atoms with Crippen molar-refractivity contribution in [2.24, 2.45) is 11.0 Å². The summed E-state index contributed by atoms with van der Waals surface area (Å²) in [5.41, 5.74) is 3.67. The molecule has 0 bridgehead atoms. The van der Waals surface area contributed by atoms with Crippen LogP contribution in [0, 0.1) is 5.92 Å². The highest BCUT2D eigenvalue weighted by Gasteiger charge is 2.05. The van der Waals surface area contributed by atoms with Crippen molar-refractivity contribution in [3.8, 4) is 11.5 Å². The Morgan fingerprint density at radius 3 is 2.71 bits per heavy atom. The average Bonchev–Trinajstić information content (AvgIpc) is 2.34. The van der Waals surface area contributed by atoms with Crippen LogP contribution < -0.4 is 14.9 Å². The first kappa shape index (κ1) is 13.4. The van der Waals surface area contributed by atoms with Crippen LogP contribution in [0.25, 0.3) is 0 Å². The van der Waals surface area contributed by atoms with E-state index in [9.17, 15) is 0 Å². The second kappa shape index (κ2) is 6.78. The molecule has 1 aromatic carbocycles. The van der Waals surface area contributed by atoms with E-state index in [4.69, 9.17) is 9.47 Å². The second-order valence-corrected chi connectivity index (χ2v) is 4.10. The lowest BCUT2D eigenvalue weighted by Gasteiger charge is -2.12. The van der Waals surface area contributed by atoms with Crippen LogP contribution in [-0.4, -0.2) is 27.0 Å². The van der Waals surface area contributed by atoms with E-state index in [1.807, 2.05) is 18.2 Å². The molecule has 0 saturated carbocycles. The fraction of sp³-hybridized carbons (Fsp3) is 0.462. The standard InChI is InChI=1S/C13H20N2O2/c1-10(2)9-17-12-6-5-11(8-15-14-3)7-13(12)16-4/h5-8,10,14H,9H2,1-4H3. The van der Waals surface area contributed by atoms with Crippen molar-refractivity contribution in [1.82, 2.24) is 5.43 Å². The first-order valence-corrected chi connectivity index (χ1v) is 5.68. The molecular formula is C13H20N2O2.